The lowest BCUT2D eigenvalue weighted by atomic mass is 10.3. The number of ether oxygens (including phenoxy) is 3. The van der Waals surface area contributed by atoms with Crippen LogP contribution < -0.4 is 0 Å². The average Bonchev–Trinajstić information content (AvgIpc) is 2.36. The van der Waals surface area contributed by atoms with Gasteiger partial charge in [-0.25, -0.2) is 9.78 Å². The summed E-state index contributed by atoms with van der Waals surface area (Å²) in [5.41, 5.74) is 0.188. The minimum absolute atomic E-state index is 0.138. The molecule has 100 valence electrons. The number of hydrogen-bond donors (Lipinski definition) is 0. The standard InChI is InChI=1S/C11H13Cl2NO4/c1-16-2-3-17-4-5-18-11(15)8-6-10(13)14-7-9(8)12/h6-7H,2-5H2,1H3. The lowest BCUT2D eigenvalue weighted by Gasteiger charge is -2.07. The zero-order chi connectivity index (χ0) is 13.4. The van der Waals surface area contributed by atoms with Gasteiger partial charge in [-0.1, -0.05) is 23.2 Å². The molecular weight excluding hydrogens is 281 g/mol. The molecule has 0 aliphatic rings. The molecule has 1 aromatic heterocycles. The first kappa shape index (κ1) is 15.2. The topological polar surface area (TPSA) is 57.7 Å². The Bertz CT molecular complexity index is 401. The van der Waals surface area contributed by atoms with E-state index in [4.69, 9.17) is 37.4 Å². The van der Waals surface area contributed by atoms with Crippen LogP contribution in [0.1, 0.15) is 10.4 Å². The van der Waals surface area contributed by atoms with Crippen molar-refractivity contribution in [3.63, 3.8) is 0 Å². The smallest absolute Gasteiger partial charge is 0.339 e. The van der Waals surface area contributed by atoms with Crippen molar-refractivity contribution in [3.8, 4) is 0 Å². The number of nitrogens with zero attached hydrogens (tertiary/aromatic N) is 1. The van der Waals surface area contributed by atoms with E-state index in [0.717, 1.165) is 0 Å². The first-order valence-corrected chi connectivity index (χ1v) is 5.95. The summed E-state index contributed by atoms with van der Waals surface area (Å²) in [6, 6.07) is 1.36. The Hall–Kier alpha value is -0.880. The van der Waals surface area contributed by atoms with Crippen molar-refractivity contribution < 1.29 is 19.0 Å². The molecule has 1 aromatic rings. The maximum absolute atomic E-state index is 11.6. The highest BCUT2D eigenvalue weighted by molar-refractivity contribution is 6.34. The number of rotatable bonds is 7. The van der Waals surface area contributed by atoms with Crippen LogP contribution in [0.4, 0.5) is 0 Å². The average molecular weight is 294 g/mol. The minimum Gasteiger partial charge on any atom is -0.460 e. The largest absolute Gasteiger partial charge is 0.460 e. The zero-order valence-corrected chi connectivity index (χ0v) is 11.3. The van der Waals surface area contributed by atoms with E-state index in [0.29, 0.717) is 19.8 Å². The van der Waals surface area contributed by atoms with Gasteiger partial charge >= 0.3 is 5.97 Å². The van der Waals surface area contributed by atoms with E-state index in [1.807, 2.05) is 0 Å². The quantitative estimate of drug-likeness (QED) is 0.438. The molecule has 7 heteroatoms. The highest BCUT2D eigenvalue weighted by atomic mass is 35.5. The Balaban J connectivity index is 2.34. The molecule has 0 aliphatic carbocycles. The molecular formula is C11H13Cl2NO4. The summed E-state index contributed by atoms with van der Waals surface area (Å²) < 4.78 is 14.9. The number of carbonyl (C=O) groups excluding carboxylic acids is 1. The van der Waals surface area contributed by atoms with Crippen molar-refractivity contribution in [3.05, 3.63) is 28.0 Å². The van der Waals surface area contributed by atoms with Gasteiger partial charge in [0.2, 0.25) is 0 Å². The van der Waals surface area contributed by atoms with Gasteiger partial charge < -0.3 is 14.2 Å². The van der Waals surface area contributed by atoms with Crippen molar-refractivity contribution in [2.75, 3.05) is 33.5 Å². The summed E-state index contributed by atoms with van der Waals surface area (Å²) in [5.74, 6) is -0.556. The summed E-state index contributed by atoms with van der Waals surface area (Å²) in [7, 11) is 1.58. The van der Waals surface area contributed by atoms with Gasteiger partial charge in [0.05, 0.1) is 30.4 Å². The third-order valence-corrected chi connectivity index (χ3v) is 2.44. The summed E-state index contributed by atoms with van der Waals surface area (Å²) in [6.07, 6.45) is 1.30. The fraction of sp³-hybridized carbons (Fsp3) is 0.455. The van der Waals surface area contributed by atoms with Gasteiger partial charge in [-0.2, -0.15) is 0 Å². The van der Waals surface area contributed by atoms with Crippen LogP contribution in [0.15, 0.2) is 12.3 Å². The van der Waals surface area contributed by atoms with Crippen LogP contribution >= 0.6 is 23.2 Å². The molecule has 1 heterocycles. The van der Waals surface area contributed by atoms with E-state index in [2.05, 4.69) is 4.98 Å². The van der Waals surface area contributed by atoms with Crippen LogP contribution in [0.25, 0.3) is 0 Å². The van der Waals surface area contributed by atoms with Crippen molar-refractivity contribution in [1.29, 1.82) is 0 Å². The molecule has 0 saturated heterocycles. The molecule has 0 amide bonds. The third-order valence-electron chi connectivity index (χ3n) is 1.93. The normalized spacial score (nSPS) is 10.4. The van der Waals surface area contributed by atoms with Crippen molar-refractivity contribution in [2.45, 2.75) is 0 Å². The van der Waals surface area contributed by atoms with E-state index < -0.39 is 5.97 Å². The molecule has 0 aromatic carbocycles. The molecule has 0 unspecified atom stereocenters. The van der Waals surface area contributed by atoms with E-state index >= 15 is 0 Å². The van der Waals surface area contributed by atoms with Crippen molar-refractivity contribution in [1.82, 2.24) is 4.98 Å². The molecule has 0 bridgehead atoms. The first-order chi connectivity index (χ1) is 8.65. The Labute approximate surface area is 115 Å². The summed E-state index contributed by atoms with van der Waals surface area (Å²) >= 11 is 11.5. The fourth-order valence-corrected chi connectivity index (χ4v) is 1.42. The first-order valence-electron chi connectivity index (χ1n) is 5.20. The molecule has 0 atom stereocenters. The van der Waals surface area contributed by atoms with E-state index in [-0.39, 0.29) is 22.3 Å². The third kappa shape index (κ3) is 5.18. The monoisotopic (exact) mass is 293 g/mol. The SMILES string of the molecule is COCCOCCOC(=O)c1cc(Cl)ncc1Cl. The molecule has 0 aliphatic heterocycles. The van der Waals surface area contributed by atoms with Gasteiger partial charge in [-0.05, 0) is 6.07 Å². The van der Waals surface area contributed by atoms with E-state index in [9.17, 15) is 4.79 Å². The Morgan fingerprint density at radius 2 is 2.00 bits per heavy atom. The maximum Gasteiger partial charge on any atom is 0.339 e. The number of halogens is 2. The molecule has 18 heavy (non-hydrogen) atoms. The molecule has 0 spiro atoms. The Morgan fingerprint density at radius 3 is 2.72 bits per heavy atom. The molecule has 0 radical (unpaired) electrons. The number of pyridine rings is 1. The van der Waals surface area contributed by atoms with Gasteiger partial charge in [0.15, 0.2) is 0 Å². The summed E-state index contributed by atoms with van der Waals surface area (Å²) in [6.45, 7) is 1.39. The van der Waals surface area contributed by atoms with Crippen LogP contribution in [0, 0.1) is 0 Å². The number of hydrogen-bond acceptors (Lipinski definition) is 5. The predicted molar refractivity (Wildman–Crippen MR) is 67.2 cm³/mol. The Kier molecular flexibility index (Phi) is 6.97. The molecule has 0 saturated carbocycles. The van der Waals surface area contributed by atoms with Crippen LogP contribution in [-0.4, -0.2) is 44.5 Å². The lowest BCUT2D eigenvalue weighted by molar-refractivity contribution is 0.0214. The number of esters is 1. The number of carbonyl (C=O) groups is 1. The van der Waals surface area contributed by atoms with Crippen LogP contribution in [-0.2, 0) is 14.2 Å². The van der Waals surface area contributed by atoms with Gasteiger partial charge in [-0.3, -0.25) is 0 Å². The fourth-order valence-electron chi connectivity index (χ4n) is 1.08. The van der Waals surface area contributed by atoms with Crippen LogP contribution in [0.5, 0.6) is 0 Å². The van der Waals surface area contributed by atoms with Gasteiger partial charge in [0.1, 0.15) is 11.8 Å². The zero-order valence-electron chi connectivity index (χ0n) is 9.82. The summed E-state index contributed by atoms with van der Waals surface area (Å²) in [4.78, 5) is 15.4. The minimum atomic E-state index is -0.556. The molecule has 1 rings (SSSR count). The second kappa shape index (κ2) is 8.26. The number of aromatic nitrogens is 1. The van der Waals surface area contributed by atoms with Crippen molar-refractivity contribution in [2.24, 2.45) is 0 Å². The molecule has 5 nitrogen and oxygen atoms in total. The highest BCUT2D eigenvalue weighted by Gasteiger charge is 2.12. The summed E-state index contributed by atoms with van der Waals surface area (Å²) in [5, 5.41) is 0.382. The number of methoxy groups -OCH3 is 1. The second-order valence-electron chi connectivity index (χ2n) is 3.23. The van der Waals surface area contributed by atoms with Crippen molar-refractivity contribution >= 4 is 29.2 Å². The van der Waals surface area contributed by atoms with E-state index in [1.54, 1.807) is 7.11 Å². The predicted octanol–water partition coefficient (Wildman–Crippen LogP) is 2.21. The molecule has 0 N–H and O–H groups in total. The van der Waals surface area contributed by atoms with Gasteiger partial charge in [0.25, 0.3) is 0 Å². The lowest BCUT2D eigenvalue weighted by Crippen LogP contribution is -2.13. The van der Waals surface area contributed by atoms with Gasteiger partial charge in [0, 0.05) is 13.3 Å². The van der Waals surface area contributed by atoms with Crippen LogP contribution in [0.3, 0.4) is 0 Å². The highest BCUT2D eigenvalue weighted by Crippen LogP contribution is 2.18. The maximum atomic E-state index is 11.6. The molecule has 0 fully saturated rings. The van der Waals surface area contributed by atoms with E-state index in [1.165, 1.54) is 12.3 Å². The second-order valence-corrected chi connectivity index (χ2v) is 4.02. The van der Waals surface area contributed by atoms with Crippen LogP contribution in [0.2, 0.25) is 10.2 Å². The Morgan fingerprint density at radius 1 is 1.28 bits per heavy atom. The van der Waals surface area contributed by atoms with Gasteiger partial charge in [-0.15, -0.1) is 0 Å².